The summed E-state index contributed by atoms with van der Waals surface area (Å²) in [5, 5.41) is 6.35. The zero-order valence-corrected chi connectivity index (χ0v) is 14.3. The van der Waals surface area contributed by atoms with Gasteiger partial charge in [0.05, 0.1) is 17.9 Å². The number of nitrogens with one attached hydrogen (secondary N) is 2. The van der Waals surface area contributed by atoms with Crippen LogP contribution in [0.4, 0.5) is 10.6 Å². The lowest BCUT2D eigenvalue weighted by Crippen LogP contribution is -2.45. The van der Waals surface area contributed by atoms with Gasteiger partial charge in [-0.1, -0.05) is 6.58 Å². The molecule has 2 N–H and O–H groups in total. The molecule has 0 saturated heterocycles. The minimum atomic E-state index is -0.496. The fourth-order valence-corrected chi connectivity index (χ4v) is 2.69. The first-order chi connectivity index (χ1) is 10.8. The number of rotatable bonds is 4. The van der Waals surface area contributed by atoms with Gasteiger partial charge < -0.3 is 15.4 Å². The molecular formula is C17H26N4O2. The van der Waals surface area contributed by atoms with Crippen molar-refractivity contribution in [2.45, 2.75) is 64.6 Å². The highest BCUT2D eigenvalue weighted by Crippen LogP contribution is 2.24. The minimum absolute atomic E-state index is 0.0191. The lowest BCUT2D eigenvalue weighted by atomic mass is 10.1. The Hall–Kier alpha value is -2.11. The fourth-order valence-electron chi connectivity index (χ4n) is 2.69. The molecule has 1 saturated carbocycles. The average Bonchev–Trinajstić information content (AvgIpc) is 2.85. The molecule has 1 heterocycles. The van der Waals surface area contributed by atoms with E-state index in [2.05, 4.69) is 27.2 Å². The van der Waals surface area contributed by atoms with Gasteiger partial charge in [0.1, 0.15) is 11.3 Å². The maximum absolute atomic E-state index is 12.0. The van der Waals surface area contributed by atoms with E-state index in [-0.39, 0.29) is 18.2 Å². The maximum atomic E-state index is 12.0. The molecule has 0 aliphatic heterocycles. The number of aromatic nitrogens is 2. The SMILES string of the molecule is C=Cc1nc(C)cnc1N[C@H]1CCC[C@@H]1NC(=O)OC(C)(C)C. The van der Waals surface area contributed by atoms with E-state index in [9.17, 15) is 4.79 Å². The molecular weight excluding hydrogens is 292 g/mol. The van der Waals surface area contributed by atoms with E-state index in [4.69, 9.17) is 4.74 Å². The molecule has 2 rings (SSSR count). The Morgan fingerprint density at radius 3 is 2.74 bits per heavy atom. The summed E-state index contributed by atoms with van der Waals surface area (Å²) in [5.74, 6) is 0.702. The molecule has 23 heavy (non-hydrogen) atoms. The zero-order chi connectivity index (χ0) is 17.0. The summed E-state index contributed by atoms with van der Waals surface area (Å²) in [7, 11) is 0. The van der Waals surface area contributed by atoms with E-state index >= 15 is 0 Å². The molecule has 0 spiro atoms. The first kappa shape index (κ1) is 17.2. The first-order valence-corrected chi connectivity index (χ1v) is 8.00. The molecule has 1 aliphatic carbocycles. The lowest BCUT2D eigenvalue weighted by Gasteiger charge is -2.25. The van der Waals surface area contributed by atoms with E-state index in [1.54, 1.807) is 12.3 Å². The van der Waals surface area contributed by atoms with Crippen molar-refractivity contribution in [3.05, 3.63) is 24.2 Å². The van der Waals surface area contributed by atoms with Crippen molar-refractivity contribution in [1.82, 2.24) is 15.3 Å². The molecule has 1 aromatic rings. The van der Waals surface area contributed by atoms with Crippen LogP contribution in [0.2, 0.25) is 0 Å². The standard InChI is InChI=1S/C17H26N4O2/c1-6-12-15(18-10-11(2)19-12)20-13-8-7-9-14(13)21-16(22)23-17(3,4)5/h6,10,13-14H,1,7-9H2,2-5H3,(H,18,20)(H,21,22)/t13-,14-/m0/s1. The number of hydrogen-bond acceptors (Lipinski definition) is 5. The number of hydrogen-bond donors (Lipinski definition) is 2. The second-order valence-corrected chi connectivity index (χ2v) is 6.88. The Labute approximate surface area is 137 Å². The monoisotopic (exact) mass is 318 g/mol. The smallest absolute Gasteiger partial charge is 0.407 e. The largest absolute Gasteiger partial charge is 0.444 e. The van der Waals surface area contributed by atoms with Crippen LogP contribution in [0.15, 0.2) is 12.8 Å². The highest BCUT2D eigenvalue weighted by atomic mass is 16.6. The van der Waals surface area contributed by atoms with Crippen LogP contribution in [-0.4, -0.2) is 33.7 Å². The Bertz CT molecular complexity index is 580. The van der Waals surface area contributed by atoms with Crippen LogP contribution in [0.1, 0.15) is 51.4 Å². The third-order valence-corrected chi connectivity index (χ3v) is 3.65. The maximum Gasteiger partial charge on any atom is 0.407 e. The number of amides is 1. The van der Waals surface area contributed by atoms with Gasteiger partial charge in [-0.2, -0.15) is 0 Å². The van der Waals surface area contributed by atoms with Crippen molar-refractivity contribution in [2.75, 3.05) is 5.32 Å². The molecule has 0 radical (unpaired) electrons. The van der Waals surface area contributed by atoms with Crippen LogP contribution in [0.3, 0.4) is 0 Å². The Morgan fingerprint density at radius 2 is 2.09 bits per heavy atom. The van der Waals surface area contributed by atoms with E-state index in [1.165, 1.54) is 0 Å². The number of alkyl carbamates (subject to hydrolysis) is 1. The van der Waals surface area contributed by atoms with Crippen LogP contribution in [-0.2, 0) is 4.74 Å². The number of carbonyl (C=O) groups is 1. The van der Waals surface area contributed by atoms with Gasteiger partial charge in [0.2, 0.25) is 0 Å². The van der Waals surface area contributed by atoms with Gasteiger partial charge in [0.15, 0.2) is 5.82 Å². The van der Waals surface area contributed by atoms with Gasteiger partial charge >= 0.3 is 6.09 Å². The number of nitrogens with zero attached hydrogens (tertiary/aromatic N) is 2. The summed E-state index contributed by atoms with van der Waals surface area (Å²) in [6, 6.07) is 0.129. The van der Waals surface area contributed by atoms with Crippen LogP contribution in [0.5, 0.6) is 0 Å². The Kier molecular flexibility index (Phi) is 5.23. The van der Waals surface area contributed by atoms with E-state index in [1.807, 2.05) is 27.7 Å². The number of ether oxygens (including phenoxy) is 1. The number of aryl methyl sites for hydroxylation is 1. The molecule has 0 unspecified atom stereocenters. The van der Waals surface area contributed by atoms with Crippen molar-refractivity contribution in [3.8, 4) is 0 Å². The van der Waals surface area contributed by atoms with Crippen LogP contribution in [0, 0.1) is 6.92 Å². The topological polar surface area (TPSA) is 76.1 Å². The highest BCUT2D eigenvalue weighted by Gasteiger charge is 2.30. The molecule has 1 aliphatic rings. The molecule has 2 atom stereocenters. The lowest BCUT2D eigenvalue weighted by molar-refractivity contribution is 0.0503. The molecule has 0 bridgehead atoms. The Balaban J connectivity index is 2.02. The normalized spacial score (nSPS) is 20.9. The molecule has 1 aromatic heterocycles. The van der Waals surface area contributed by atoms with Crippen LogP contribution >= 0.6 is 0 Å². The van der Waals surface area contributed by atoms with Gasteiger partial charge in [-0.3, -0.25) is 0 Å². The minimum Gasteiger partial charge on any atom is -0.444 e. The quantitative estimate of drug-likeness (QED) is 0.891. The summed E-state index contributed by atoms with van der Waals surface area (Å²) in [5.41, 5.74) is 1.08. The third-order valence-electron chi connectivity index (χ3n) is 3.65. The molecule has 6 nitrogen and oxygen atoms in total. The predicted octanol–water partition coefficient (Wildman–Crippen LogP) is 3.29. The highest BCUT2D eigenvalue weighted by molar-refractivity contribution is 5.68. The zero-order valence-electron chi connectivity index (χ0n) is 14.3. The van der Waals surface area contributed by atoms with E-state index < -0.39 is 5.60 Å². The van der Waals surface area contributed by atoms with Crippen molar-refractivity contribution in [1.29, 1.82) is 0 Å². The van der Waals surface area contributed by atoms with Crippen molar-refractivity contribution >= 4 is 18.0 Å². The van der Waals surface area contributed by atoms with Gasteiger partial charge in [0.25, 0.3) is 0 Å². The number of carbonyl (C=O) groups excluding carboxylic acids is 1. The summed E-state index contributed by atoms with van der Waals surface area (Å²) in [6.07, 6.45) is 5.96. The summed E-state index contributed by atoms with van der Waals surface area (Å²) >= 11 is 0. The van der Waals surface area contributed by atoms with Crippen LogP contribution in [0.25, 0.3) is 6.08 Å². The van der Waals surface area contributed by atoms with Crippen LogP contribution < -0.4 is 10.6 Å². The summed E-state index contributed by atoms with van der Waals surface area (Å²) < 4.78 is 5.34. The van der Waals surface area contributed by atoms with Gasteiger partial charge in [-0.05, 0) is 53.0 Å². The van der Waals surface area contributed by atoms with Gasteiger partial charge in [0, 0.05) is 6.04 Å². The second kappa shape index (κ2) is 6.98. The van der Waals surface area contributed by atoms with Gasteiger partial charge in [-0.25, -0.2) is 14.8 Å². The van der Waals surface area contributed by atoms with Crippen molar-refractivity contribution < 1.29 is 9.53 Å². The average molecular weight is 318 g/mol. The molecule has 1 fully saturated rings. The third kappa shape index (κ3) is 4.94. The first-order valence-electron chi connectivity index (χ1n) is 8.00. The molecule has 0 aromatic carbocycles. The second-order valence-electron chi connectivity index (χ2n) is 6.88. The molecule has 1 amide bonds. The molecule has 126 valence electrons. The van der Waals surface area contributed by atoms with Crippen molar-refractivity contribution in [3.63, 3.8) is 0 Å². The molecule has 6 heteroatoms. The summed E-state index contributed by atoms with van der Waals surface area (Å²) in [4.78, 5) is 20.8. The van der Waals surface area contributed by atoms with Crippen molar-refractivity contribution in [2.24, 2.45) is 0 Å². The van der Waals surface area contributed by atoms with E-state index in [0.29, 0.717) is 5.82 Å². The summed E-state index contributed by atoms with van der Waals surface area (Å²) in [6.45, 7) is 11.2. The van der Waals surface area contributed by atoms with Gasteiger partial charge in [-0.15, -0.1) is 0 Å². The number of anilines is 1. The fraction of sp³-hybridized carbons (Fsp3) is 0.588. The van der Waals surface area contributed by atoms with E-state index in [0.717, 1.165) is 30.7 Å². The Morgan fingerprint density at radius 1 is 1.39 bits per heavy atom. The predicted molar refractivity (Wildman–Crippen MR) is 91.3 cm³/mol.